The van der Waals surface area contributed by atoms with E-state index in [1.807, 2.05) is 6.92 Å². The van der Waals surface area contributed by atoms with E-state index < -0.39 is 10.8 Å². The van der Waals surface area contributed by atoms with Gasteiger partial charge in [-0.3, -0.25) is 19.7 Å². The van der Waals surface area contributed by atoms with Gasteiger partial charge in [0.25, 0.3) is 11.6 Å². The zero-order chi connectivity index (χ0) is 18.9. The first-order valence-electron chi connectivity index (χ1n) is 7.97. The summed E-state index contributed by atoms with van der Waals surface area (Å²) in [4.78, 5) is 33.8. The summed E-state index contributed by atoms with van der Waals surface area (Å²) in [6, 6.07) is 12.3. The summed E-state index contributed by atoms with van der Waals surface area (Å²) in [5, 5.41) is 17.2. The minimum Gasteiger partial charge on any atom is -0.326 e. The molecular weight excluding hydrogens is 336 g/mol. The molecule has 8 nitrogen and oxygen atoms in total. The van der Waals surface area contributed by atoms with E-state index in [2.05, 4.69) is 15.8 Å². The number of hydrogen-bond donors (Lipinski definition) is 2. The fraction of sp³-hybridized carbons (Fsp3) is 0.167. The first-order chi connectivity index (χ1) is 12.5. The molecule has 0 saturated heterocycles. The van der Waals surface area contributed by atoms with Gasteiger partial charge in [-0.1, -0.05) is 19.1 Å². The summed E-state index contributed by atoms with van der Waals surface area (Å²) in [7, 11) is 0. The van der Waals surface area contributed by atoms with Gasteiger partial charge in [-0.15, -0.1) is 0 Å². The molecule has 0 unspecified atom stereocenters. The number of hydrazone groups is 1. The molecule has 2 aromatic carbocycles. The summed E-state index contributed by atoms with van der Waals surface area (Å²) in [5.74, 6) is -0.510. The molecule has 0 heterocycles. The molecule has 0 spiro atoms. The largest absolute Gasteiger partial charge is 0.326 e. The lowest BCUT2D eigenvalue weighted by Gasteiger charge is -2.05. The SMILES string of the molecule is CCCC(=O)Nc1ccc(C(=O)N/N=C/c2cccc([N+](=O)[O-])c2)cc1. The van der Waals surface area contributed by atoms with Crippen LogP contribution in [0.5, 0.6) is 0 Å². The van der Waals surface area contributed by atoms with Gasteiger partial charge in [0.05, 0.1) is 11.1 Å². The Bertz CT molecular complexity index is 831. The number of anilines is 1. The second kappa shape index (κ2) is 9.07. The van der Waals surface area contributed by atoms with Crippen LogP contribution in [0.2, 0.25) is 0 Å². The Labute approximate surface area is 150 Å². The minimum absolute atomic E-state index is 0.0546. The van der Waals surface area contributed by atoms with Crippen molar-refractivity contribution in [2.24, 2.45) is 5.10 Å². The van der Waals surface area contributed by atoms with Gasteiger partial charge >= 0.3 is 0 Å². The van der Waals surface area contributed by atoms with Crippen molar-refractivity contribution in [2.75, 3.05) is 5.32 Å². The first-order valence-corrected chi connectivity index (χ1v) is 7.97. The average molecular weight is 354 g/mol. The van der Waals surface area contributed by atoms with Gasteiger partial charge < -0.3 is 5.32 Å². The van der Waals surface area contributed by atoms with Gasteiger partial charge in [0, 0.05) is 35.4 Å². The molecule has 0 saturated carbocycles. The minimum atomic E-state index is -0.503. The third-order valence-corrected chi connectivity index (χ3v) is 3.37. The zero-order valence-corrected chi connectivity index (χ0v) is 14.1. The molecule has 26 heavy (non-hydrogen) atoms. The standard InChI is InChI=1S/C18H18N4O4/c1-2-4-17(23)20-15-9-7-14(8-10-15)18(24)21-19-12-13-5-3-6-16(11-13)22(25)26/h3,5-12H,2,4H2,1H3,(H,20,23)(H,21,24)/b19-12+. The second-order valence-electron chi connectivity index (χ2n) is 5.43. The van der Waals surface area contributed by atoms with E-state index >= 15 is 0 Å². The summed E-state index contributed by atoms with van der Waals surface area (Å²) in [6.45, 7) is 1.92. The Hall–Kier alpha value is -3.55. The number of amides is 2. The highest BCUT2D eigenvalue weighted by molar-refractivity contribution is 5.96. The Morgan fingerprint density at radius 1 is 1.19 bits per heavy atom. The van der Waals surface area contributed by atoms with Crippen molar-refractivity contribution < 1.29 is 14.5 Å². The van der Waals surface area contributed by atoms with Crippen LogP contribution >= 0.6 is 0 Å². The number of nitro benzene ring substituents is 1. The average Bonchev–Trinajstić information content (AvgIpc) is 2.62. The van der Waals surface area contributed by atoms with Crippen LogP contribution in [0.1, 0.15) is 35.7 Å². The number of benzene rings is 2. The lowest BCUT2D eigenvalue weighted by atomic mass is 10.2. The maximum atomic E-state index is 12.0. The molecule has 2 aromatic rings. The zero-order valence-electron chi connectivity index (χ0n) is 14.1. The molecule has 0 aliphatic rings. The van der Waals surface area contributed by atoms with Crippen LogP contribution < -0.4 is 10.7 Å². The number of nitrogens with zero attached hydrogens (tertiary/aromatic N) is 2. The van der Waals surface area contributed by atoms with Crippen molar-refractivity contribution in [2.45, 2.75) is 19.8 Å². The molecule has 2 rings (SSSR count). The predicted molar refractivity (Wildman–Crippen MR) is 98.1 cm³/mol. The molecule has 0 bridgehead atoms. The molecule has 0 aliphatic carbocycles. The molecular formula is C18H18N4O4. The summed E-state index contributed by atoms with van der Waals surface area (Å²) in [5.41, 5.74) is 3.77. The van der Waals surface area contributed by atoms with Crippen molar-refractivity contribution in [3.63, 3.8) is 0 Å². The lowest BCUT2D eigenvalue weighted by Crippen LogP contribution is -2.17. The molecule has 2 amide bonds. The van der Waals surface area contributed by atoms with Crippen LogP contribution in [0.25, 0.3) is 0 Å². The van der Waals surface area contributed by atoms with Crippen molar-refractivity contribution >= 4 is 29.4 Å². The maximum absolute atomic E-state index is 12.0. The van der Waals surface area contributed by atoms with E-state index in [1.165, 1.54) is 24.4 Å². The number of nitrogens with one attached hydrogen (secondary N) is 2. The van der Waals surface area contributed by atoms with Crippen LogP contribution in [-0.2, 0) is 4.79 Å². The van der Waals surface area contributed by atoms with E-state index in [0.717, 1.165) is 6.42 Å². The van der Waals surface area contributed by atoms with Crippen molar-refractivity contribution in [1.29, 1.82) is 0 Å². The molecule has 134 valence electrons. The highest BCUT2D eigenvalue weighted by atomic mass is 16.6. The van der Waals surface area contributed by atoms with Crippen LogP contribution in [-0.4, -0.2) is 23.0 Å². The lowest BCUT2D eigenvalue weighted by molar-refractivity contribution is -0.384. The Morgan fingerprint density at radius 3 is 2.58 bits per heavy atom. The van der Waals surface area contributed by atoms with Crippen LogP contribution in [0.15, 0.2) is 53.6 Å². The fourth-order valence-corrected chi connectivity index (χ4v) is 2.10. The molecule has 2 N–H and O–H groups in total. The fourth-order valence-electron chi connectivity index (χ4n) is 2.10. The Morgan fingerprint density at radius 2 is 1.92 bits per heavy atom. The third-order valence-electron chi connectivity index (χ3n) is 3.37. The quantitative estimate of drug-likeness (QED) is 0.452. The number of non-ortho nitro benzene ring substituents is 1. The van der Waals surface area contributed by atoms with Crippen LogP contribution in [0, 0.1) is 10.1 Å². The Balaban J connectivity index is 1.94. The maximum Gasteiger partial charge on any atom is 0.271 e. The number of rotatable bonds is 7. The van der Waals surface area contributed by atoms with E-state index in [-0.39, 0.29) is 11.6 Å². The van der Waals surface area contributed by atoms with Gasteiger partial charge in [-0.25, -0.2) is 5.43 Å². The van der Waals surface area contributed by atoms with Gasteiger partial charge in [-0.05, 0) is 30.7 Å². The highest BCUT2D eigenvalue weighted by Crippen LogP contribution is 2.12. The first kappa shape index (κ1) is 18.8. The van der Waals surface area contributed by atoms with Crippen molar-refractivity contribution in [1.82, 2.24) is 5.43 Å². The van der Waals surface area contributed by atoms with E-state index in [1.54, 1.807) is 30.3 Å². The van der Waals surface area contributed by atoms with Gasteiger partial charge in [0.1, 0.15) is 0 Å². The smallest absolute Gasteiger partial charge is 0.271 e. The number of carbonyl (C=O) groups excluding carboxylic acids is 2. The van der Waals surface area contributed by atoms with Gasteiger partial charge in [-0.2, -0.15) is 5.10 Å². The molecule has 0 radical (unpaired) electrons. The molecule has 0 aliphatic heterocycles. The summed E-state index contributed by atoms with van der Waals surface area (Å²) < 4.78 is 0. The number of nitro groups is 1. The molecule has 8 heteroatoms. The normalized spacial score (nSPS) is 10.5. The van der Waals surface area contributed by atoms with Gasteiger partial charge in [0.15, 0.2) is 0 Å². The molecule has 0 fully saturated rings. The summed E-state index contributed by atoms with van der Waals surface area (Å²) in [6.07, 6.45) is 2.52. The van der Waals surface area contributed by atoms with E-state index in [4.69, 9.17) is 0 Å². The second-order valence-corrected chi connectivity index (χ2v) is 5.43. The monoisotopic (exact) mass is 354 g/mol. The number of hydrogen-bond acceptors (Lipinski definition) is 5. The third kappa shape index (κ3) is 5.52. The molecule has 0 atom stereocenters. The van der Waals surface area contributed by atoms with Crippen molar-refractivity contribution in [3.8, 4) is 0 Å². The van der Waals surface area contributed by atoms with E-state index in [9.17, 15) is 19.7 Å². The highest BCUT2D eigenvalue weighted by Gasteiger charge is 2.06. The van der Waals surface area contributed by atoms with Crippen molar-refractivity contribution in [3.05, 3.63) is 69.8 Å². The topological polar surface area (TPSA) is 114 Å². The van der Waals surface area contributed by atoms with Crippen LogP contribution in [0.4, 0.5) is 11.4 Å². The predicted octanol–water partition coefficient (Wildman–Crippen LogP) is 3.10. The number of carbonyl (C=O) groups is 2. The summed E-state index contributed by atoms with van der Waals surface area (Å²) >= 11 is 0. The Kier molecular flexibility index (Phi) is 6.55. The van der Waals surface area contributed by atoms with Gasteiger partial charge in [0.2, 0.25) is 5.91 Å². The van der Waals surface area contributed by atoms with Crippen LogP contribution in [0.3, 0.4) is 0 Å². The molecule has 0 aromatic heterocycles. The van der Waals surface area contributed by atoms with E-state index in [0.29, 0.717) is 23.2 Å².